The van der Waals surface area contributed by atoms with Gasteiger partial charge in [0, 0.05) is 5.56 Å². The molecule has 76 valence electrons. The molecule has 0 aromatic heterocycles. The molecule has 2 nitrogen and oxygen atoms in total. The van der Waals surface area contributed by atoms with Gasteiger partial charge in [0.15, 0.2) is 11.6 Å². The summed E-state index contributed by atoms with van der Waals surface area (Å²) in [5, 5.41) is 8.41. The second-order valence-electron chi connectivity index (χ2n) is 2.46. The normalized spacial score (nSPS) is 10.6. The third-order valence-electron chi connectivity index (χ3n) is 1.56. The number of carboxylic acid groups (broad SMARTS) is 1. The lowest BCUT2D eigenvalue weighted by Crippen LogP contribution is -2.05. The standard InChI is InChI=1S/C8H4F4O2/c9-5-1-3(7(11)12)4(8(13)14)2-6(5)10/h1-2,7H,(H,13,14). The molecule has 0 atom stereocenters. The monoisotopic (exact) mass is 208 g/mol. The number of carboxylic acids is 1. The number of rotatable bonds is 2. The van der Waals surface area contributed by atoms with Crippen molar-refractivity contribution in [3.8, 4) is 0 Å². The Bertz CT molecular complexity index is 376. The minimum atomic E-state index is -3.16. The lowest BCUT2D eigenvalue weighted by atomic mass is 10.1. The van der Waals surface area contributed by atoms with Crippen LogP contribution in [0, 0.1) is 11.6 Å². The first-order valence-corrected chi connectivity index (χ1v) is 3.44. The number of halogens is 4. The van der Waals surface area contributed by atoms with E-state index in [9.17, 15) is 22.4 Å². The molecular formula is C8H4F4O2. The van der Waals surface area contributed by atoms with Gasteiger partial charge in [0.2, 0.25) is 0 Å². The van der Waals surface area contributed by atoms with E-state index in [-0.39, 0.29) is 12.1 Å². The first kappa shape index (κ1) is 10.5. The summed E-state index contributed by atoms with van der Waals surface area (Å²) < 4.78 is 49.3. The highest BCUT2D eigenvalue weighted by molar-refractivity contribution is 5.89. The van der Waals surface area contributed by atoms with Crippen LogP contribution in [0.2, 0.25) is 0 Å². The molecule has 0 fully saturated rings. The third-order valence-corrected chi connectivity index (χ3v) is 1.56. The van der Waals surface area contributed by atoms with Gasteiger partial charge in [-0.2, -0.15) is 0 Å². The van der Waals surface area contributed by atoms with Gasteiger partial charge in [0.1, 0.15) is 0 Å². The number of hydrogen-bond donors (Lipinski definition) is 1. The fourth-order valence-electron chi connectivity index (χ4n) is 0.928. The smallest absolute Gasteiger partial charge is 0.336 e. The maximum Gasteiger partial charge on any atom is 0.336 e. The zero-order valence-corrected chi connectivity index (χ0v) is 6.60. The van der Waals surface area contributed by atoms with Crippen LogP contribution in [0.5, 0.6) is 0 Å². The van der Waals surface area contributed by atoms with E-state index in [2.05, 4.69) is 0 Å². The van der Waals surface area contributed by atoms with Crippen LogP contribution in [0.1, 0.15) is 22.3 Å². The molecule has 1 N–H and O–H groups in total. The van der Waals surface area contributed by atoms with Crippen molar-refractivity contribution < 1.29 is 27.5 Å². The molecule has 0 saturated heterocycles. The molecule has 0 unspecified atom stereocenters. The van der Waals surface area contributed by atoms with Gasteiger partial charge in [-0.15, -0.1) is 0 Å². The lowest BCUT2D eigenvalue weighted by molar-refractivity contribution is 0.0683. The average molecular weight is 208 g/mol. The van der Waals surface area contributed by atoms with Gasteiger partial charge in [-0.1, -0.05) is 0 Å². The van der Waals surface area contributed by atoms with Crippen LogP contribution >= 0.6 is 0 Å². The van der Waals surface area contributed by atoms with Crippen LogP contribution in [-0.2, 0) is 0 Å². The molecule has 0 aliphatic rings. The SMILES string of the molecule is O=C(O)c1cc(F)c(F)cc1C(F)F. The first-order chi connectivity index (χ1) is 6.43. The molecule has 0 aliphatic carbocycles. The summed E-state index contributed by atoms with van der Waals surface area (Å²) in [6.07, 6.45) is -3.16. The van der Waals surface area contributed by atoms with E-state index >= 15 is 0 Å². The molecule has 0 aliphatic heterocycles. The lowest BCUT2D eigenvalue weighted by Gasteiger charge is -2.05. The largest absolute Gasteiger partial charge is 0.478 e. The van der Waals surface area contributed by atoms with Gasteiger partial charge in [-0.3, -0.25) is 0 Å². The Hall–Kier alpha value is -1.59. The highest BCUT2D eigenvalue weighted by Crippen LogP contribution is 2.25. The third kappa shape index (κ3) is 1.84. The van der Waals surface area contributed by atoms with E-state index in [1.54, 1.807) is 0 Å². The fourth-order valence-corrected chi connectivity index (χ4v) is 0.928. The summed E-state index contributed by atoms with van der Waals surface area (Å²) in [5.74, 6) is -4.68. The van der Waals surface area contributed by atoms with Gasteiger partial charge in [-0.25, -0.2) is 22.4 Å². The van der Waals surface area contributed by atoms with E-state index in [0.717, 1.165) is 0 Å². The molecule has 1 aromatic rings. The van der Waals surface area contributed by atoms with Crippen molar-refractivity contribution in [2.75, 3.05) is 0 Å². The molecule has 1 aromatic carbocycles. The molecule has 0 heterocycles. The van der Waals surface area contributed by atoms with Gasteiger partial charge in [0.05, 0.1) is 5.56 Å². The molecule has 0 radical (unpaired) electrons. The Morgan fingerprint density at radius 1 is 1.21 bits per heavy atom. The summed E-state index contributed by atoms with van der Waals surface area (Å²) in [7, 11) is 0. The van der Waals surface area contributed by atoms with Crippen LogP contribution in [0.3, 0.4) is 0 Å². The Morgan fingerprint density at radius 2 is 1.71 bits per heavy atom. The summed E-state index contributed by atoms with van der Waals surface area (Å²) >= 11 is 0. The second kappa shape index (κ2) is 3.65. The quantitative estimate of drug-likeness (QED) is 0.758. The molecule has 0 saturated carbocycles. The van der Waals surface area contributed by atoms with Crippen molar-refractivity contribution in [2.24, 2.45) is 0 Å². The van der Waals surface area contributed by atoms with E-state index in [1.165, 1.54) is 0 Å². The van der Waals surface area contributed by atoms with Crippen molar-refractivity contribution in [1.82, 2.24) is 0 Å². The summed E-state index contributed by atoms with van der Waals surface area (Å²) in [5.41, 5.74) is -1.96. The molecule has 1 rings (SSSR count). The summed E-state index contributed by atoms with van der Waals surface area (Å²) in [4.78, 5) is 10.4. The molecule has 0 spiro atoms. The van der Waals surface area contributed by atoms with E-state index < -0.39 is 35.2 Å². The van der Waals surface area contributed by atoms with Gasteiger partial charge in [0.25, 0.3) is 6.43 Å². The Morgan fingerprint density at radius 3 is 2.14 bits per heavy atom. The van der Waals surface area contributed by atoms with Crippen LogP contribution in [-0.4, -0.2) is 11.1 Å². The summed E-state index contributed by atoms with van der Waals surface area (Å²) in [6, 6.07) is 0.419. The number of carbonyl (C=O) groups is 1. The van der Waals surface area contributed by atoms with Crippen LogP contribution < -0.4 is 0 Å². The summed E-state index contributed by atoms with van der Waals surface area (Å²) in [6.45, 7) is 0. The van der Waals surface area contributed by atoms with Crippen LogP contribution in [0.25, 0.3) is 0 Å². The van der Waals surface area contributed by atoms with Crippen molar-refractivity contribution in [1.29, 1.82) is 0 Å². The molecular weight excluding hydrogens is 204 g/mol. The van der Waals surface area contributed by atoms with Crippen molar-refractivity contribution in [3.63, 3.8) is 0 Å². The zero-order chi connectivity index (χ0) is 10.9. The first-order valence-electron chi connectivity index (χ1n) is 3.44. The van der Waals surface area contributed by atoms with E-state index in [0.29, 0.717) is 0 Å². The Kier molecular flexibility index (Phi) is 2.73. The molecule has 0 bridgehead atoms. The van der Waals surface area contributed by atoms with E-state index in [4.69, 9.17) is 5.11 Å². The molecule has 6 heteroatoms. The Balaban J connectivity index is 3.39. The predicted octanol–water partition coefficient (Wildman–Crippen LogP) is 2.60. The van der Waals surface area contributed by atoms with Crippen LogP contribution in [0.15, 0.2) is 12.1 Å². The van der Waals surface area contributed by atoms with E-state index in [1.807, 2.05) is 0 Å². The molecule has 0 amide bonds. The van der Waals surface area contributed by atoms with Crippen molar-refractivity contribution in [3.05, 3.63) is 34.9 Å². The number of aromatic carboxylic acids is 1. The second-order valence-corrected chi connectivity index (χ2v) is 2.46. The Labute approximate surface area is 75.8 Å². The predicted molar refractivity (Wildman–Crippen MR) is 38.3 cm³/mol. The minimum Gasteiger partial charge on any atom is -0.478 e. The topological polar surface area (TPSA) is 37.3 Å². The average Bonchev–Trinajstić information content (AvgIpc) is 2.08. The van der Waals surface area contributed by atoms with Crippen molar-refractivity contribution >= 4 is 5.97 Å². The minimum absolute atomic E-state index is 0.184. The highest BCUT2D eigenvalue weighted by Gasteiger charge is 2.21. The fraction of sp³-hybridized carbons (Fsp3) is 0.125. The number of hydrogen-bond acceptors (Lipinski definition) is 1. The number of benzene rings is 1. The van der Waals surface area contributed by atoms with Crippen molar-refractivity contribution in [2.45, 2.75) is 6.43 Å². The van der Waals surface area contributed by atoms with Gasteiger partial charge >= 0.3 is 5.97 Å². The number of alkyl halides is 2. The van der Waals surface area contributed by atoms with Gasteiger partial charge in [-0.05, 0) is 12.1 Å². The maximum absolute atomic E-state index is 12.5. The van der Waals surface area contributed by atoms with Crippen LogP contribution in [0.4, 0.5) is 17.6 Å². The highest BCUT2D eigenvalue weighted by atomic mass is 19.3. The zero-order valence-electron chi connectivity index (χ0n) is 6.60. The van der Waals surface area contributed by atoms with Gasteiger partial charge < -0.3 is 5.11 Å². The molecule has 14 heavy (non-hydrogen) atoms. The maximum atomic E-state index is 12.5.